The summed E-state index contributed by atoms with van der Waals surface area (Å²) in [5.41, 5.74) is 7.44. The topological polar surface area (TPSA) is 37.0 Å². The van der Waals surface area contributed by atoms with Gasteiger partial charge >= 0.3 is 0 Å². The Morgan fingerprint density at radius 3 is 2.88 bits per heavy atom. The van der Waals surface area contributed by atoms with E-state index in [1.807, 2.05) is 30.5 Å². The molecule has 0 amide bonds. The van der Waals surface area contributed by atoms with E-state index in [9.17, 15) is 0 Å². The summed E-state index contributed by atoms with van der Waals surface area (Å²) in [5.74, 6) is 0. The standard InChI is InChI=1S/C21H19N3/c1-14-7-8-16-9-10-17(13-21(16)23-14)24-15(2)18-11-12-22-20-6-4-3-5-19(18)20/h3-6,9-13,23-24H,1-2,7-8H2. The molecule has 1 aliphatic heterocycles. The molecule has 0 atom stereocenters. The fourth-order valence-electron chi connectivity index (χ4n) is 3.13. The molecule has 0 spiro atoms. The number of para-hydroxylation sites is 1. The van der Waals surface area contributed by atoms with E-state index in [0.717, 1.165) is 52.1 Å². The fourth-order valence-corrected chi connectivity index (χ4v) is 3.13. The Morgan fingerprint density at radius 1 is 1.08 bits per heavy atom. The molecule has 2 heterocycles. The van der Waals surface area contributed by atoms with Gasteiger partial charge in [-0.05, 0) is 42.7 Å². The first-order valence-electron chi connectivity index (χ1n) is 8.08. The lowest BCUT2D eigenvalue weighted by Crippen LogP contribution is -2.09. The molecule has 3 aromatic rings. The Labute approximate surface area is 141 Å². The molecular weight excluding hydrogens is 294 g/mol. The molecule has 0 bridgehead atoms. The van der Waals surface area contributed by atoms with Crippen molar-refractivity contribution < 1.29 is 0 Å². The average Bonchev–Trinajstić information content (AvgIpc) is 2.61. The van der Waals surface area contributed by atoms with Crippen LogP contribution in [0.25, 0.3) is 16.6 Å². The SMILES string of the molecule is C=C1CCc2ccc(NC(=C)c3ccnc4ccccc34)cc2N1. The lowest BCUT2D eigenvalue weighted by atomic mass is 10.0. The summed E-state index contributed by atoms with van der Waals surface area (Å²) in [6.07, 6.45) is 3.86. The number of hydrogen-bond acceptors (Lipinski definition) is 3. The highest BCUT2D eigenvalue weighted by Crippen LogP contribution is 2.30. The number of fused-ring (bicyclic) bond motifs is 2. The van der Waals surface area contributed by atoms with Crippen LogP contribution in [0.5, 0.6) is 0 Å². The van der Waals surface area contributed by atoms with E-state index in [2.05, 4.69) is 53.0 Å². The molecule has 1 aliphatic rings. The number of aromatic nitrogens is 1. The molecule has 24 heavy (non-hydrogen) atoms. The number of nitrogens with zero attached hydrogens (tertiary/aromatic N) is 1. The van der Waals surface area contributed by atoms with Crippen molar-refractivity contribution in [3.05, 3.63) is 84.7 Å². The zero-order valence-corrected chi connectivity index (χ0v) is 13.5. The minimum atomic E-state index is 0.864. The molecule has 0 saturated heterocycles. The third-order valence-electron chi connectivity index (χ3n) is 4.39. The molecular formula is C21H19N3. The van der Waals surface area contributed by atoms with Crippen molar-refractivity contribution in [1.82, 2.24) is 4.98 Å². The van der Waals surface area contributed by atoms with Crippen LogP contribution in [-0.4, -0.2) is 4.98 Å². The van der Waals surface area contributed by atoms with Crippen molar-refractivity contribution in [2.45, 2.75) is 12.8 Å². The highest BCUT2D eigenvalue weighted by Gasteiger charge is 2.12. The molecule has 118 valence electrons. The lowest BCUT2D eigenvalue weighted by molar-refractivity contribution is 0.919. The van der Waals surface area contributed by atoms with Crippen LogP contribution < -0.4 is 10.6 Å². The molecule has 0 saturated carbocycles. The van der Waals surface area contributed by atoms with Crippen molar-refractivity contribution >= 4 is 28.0 Å². The summed E-state index contributed by atoms with van der Waals surface area (Å²) < 4.78 is 0. The van der Waals surface area contributed by atoms with Gasteiger partial charge in [-0.3, -0.25) is 4.98 Å². The number of rotatable bonds is 3. The van der Waals surface area contributed by atoms with Crippen LogP contribution in [0.2, 0.25) is 0 Å². The maximum absolute atomic E-state index is 4.41. The van der Waals surface area contributed by atoms with Gasteiger partial charge in [-0.2, -0.15) is 0 Å². The second-order valence-electron chi connectivity index (χ2n) is 6.08. The number of anilines is 2. The van der Waals surface area contributed by atoms with Gasteiger partial charge in [0.15, 0.2) is 0 Å². The van der Waals surface area contributed by atoms with Gasteiger partial charge in [0.05, 0.1) is 5.52 Å². The number of nitrogens with one attached hydrogen (secondary N) is 2. The first-order chi connectivity index (χ1) is 11.7. The van der Waals surface area contributed by atoms with Gasteiger partial charge in [-0.1, -0.05) is 37.4 Å². The smallest absolute Gasteiger partial charge is 0.0708 e. The number of benzene rings is 2. The van der Waals surface area contributed by atoms with Crippen molar-refractivity contribution in [2.75, 3.05) is 10.6 Å². The molecule has 2 aromatic carbocycles. The molecule has 2 N–H and O–H groups in total. The van der Waals surface area contributed by atoms with Crippen LogP contribution in [0.1, 0.15) is 17.5 Å². The highest BCUT2D eigenvalue weighted by atomic mass is 14.9. The maximum Gasteiger partial charge on any atom is 0.0708 e. The van der Waals surface area contributed by atoms with Gasteiger partial charge in [-0.15, -0.1) is 0 Å². The normalized spacial score (nSPS) is 13.2. The van der Waals surface area contributed by atoms with Crippen LogP contribution in [0.15, 0.2) is 73.6 Å². The van der Waals surface area contributed by atoms with Crippen LogP contribution >= 0.6 is 0 Å². The van der Waals surface area contributed by atoms with Crippen LogP contribution in [-0.2, 0) is 6.42 Å². The fraction of sp³-hybridized carbons (Fsp3) is 0.0952. The van der Waals surface area contributed by atoms with Crippen molar-refractivity contribution in [2.24, 2.45) is 0 Å². The summed E-state index contributed by atoms with van der Waals surface area (Å²) >= 11 is 0. The third kappa shape index (κ3) is 2.65. The maximum atomic E-state index is 4.41. The monoisotopic (exact) mass is 313 g/mol. The Morgan fingerprint density at radius 2 is 1.96 bits per heavy atom. The number of pyridine rings is 1. The van der Waals surface area contributed by atoms with E-state index >= 15 is 0 Å². The number of allylic oxidation sites excluding steroid dienone is 1. The second kappa shape index (κ2) is 5.85. The van der Waals surface area contributed by atoms with Crippen molar-refractivity contribution in [3.8, 4) is 0 Å². The Hall–Kier alpha value is -3.07. The van der Waals surface area contributed by atoms with Gasteiger partial charge in [-0.25, -0.2) is 0 Å². The molecule has 4 rings (SSSR count). The predicted octanol–water partition coefficient (Wildman–Crippen LogP) is 5.19. The number of aryl methyl sites for hydroxylation is 1. The minimum Gasteiger partial charge on any atom is -0.359 e. The van der Waals surface area contributed by atoms with Gasteiger partial charge in [0.1, 0.15) is 0 Å². The summed E-state index contributed by atoms with van der Waals surface area (Å²) in [6, 6.07) is 16.5. The van der Waals surface area contributed by atoms with E-state index in [1.165, 1.54) is 5.56 Å². The Balaban J connectivity index is 1.64. The molecule has 0 aliphatic carbocycles. The van der Waals surface area contributed by atoms with E-state index < -0.39 is 0 Å². The average molecular weight is 313 g/mol. The molecule has 3 heteroatoms. The van der Waals surface area contributed by atoms with Crippen LogP contribution in [0.3, 0.4) is 0 Å². The van der Waals surface area contributed by atoms with Gasteiger partial charge in [0.25, 0.3) is 0 Å². The molecule has 3 nitrogen and oxygen atoms in total. The van der Waals surface area contributed by atoms with Crippen LogP contribution in [0.4, 0.5) is 11.4 Å². The third-order valence-corrected chi connectivity index (χ3v) is 4.39. The zero-order chi connectivity index (χ0) is 16.5. The molecule has 0 unspecified atom stereocenters. The van der Waals surface area contributed by atoms with E-state index in [4.69, 9.17) is 0 Å². The molecule has 1 aromatic heterocycles. The van der Waals surface area contributed by atoms with Crippen LogP contribution in [0, 0.1) is 0 Å². The minimum absolute atomic E-state index is 0.864. The second-order valence-corrected chi connectivity index (χ2v) is 6.08. The summed E-state index contributed by atoms with van der Waals surface area (Å²) in [6.45, 7) is 8.25. The Kier molecular flexibility index (Phi) is 3.54. The molecule has 0 radical (unpaired) electrons. The molecule has 0 fully saturated rings. The lowest BCUT2D eigenvalue weighted by Gasteiger charge is -2.21. The van der Waals surface area contributed by atoms with Gasteiger partial charge in [0, 0.05) is 39.9 Å². The number of hydrogen-bond donors (Lipinski definition) is 2. The quantitative estimate of drug-likeness (QED) is 0.698. The summed E-state index contributed by atoms with van der Waals surface area (Å²) in [4.78, 5) is 4.41. The first kappa shape index (κ1) is 14.5. The van der Waals surface area contributed by atoms with Crippen molar-refractivity contribution in [3.63, 3.8) is 0 Å². The largest absolute Gasteiger partial charge is 0.359 e. The predicted molar refractivity (Wildman–Crippen MR) is 102 cm³/mol. The van der Waals surface area contributed by atoms with Crippen molar-refractivity contribution in [1.29, 1.82) is 0 Å². The van der Waals surface area contributed by atoms with Gasteiger partial charge < -0.3 is 10.6 Å². The zero-order valence-electron chi connectivity index (χ0n) is 13.5. The first-order valence-corrected chi connectivity index (χ1v) is 8.08. The van der Waals surface area contributed by atoms with E-state index in [0.29, 0.717) is 0 Å². The van der Waals surface area contributed by atoms with Gasteiger partial charge in [0.2, 0.25) is 0 Å². The highest BCUT2D eigenvalue weighted by molar-refractivity contribution is 5.93. The van der Waals surface area contributed by atoms with E-state index in [1.54, 1.807) is 0 Å². The summed E-state index contributed by atoms with van der Waals surface area (Å²) in [5, 5.41) is 7.89. The van der Waals surface area contributed by atoms with E-state index in [-0.39, 0.29) is 0 Å². The summed E-state index contributed by atoms with van der Waals surface area (Å²) in [7, 11) is 0. The Bertz CT molecular complexity index is 951.